The Hall–Kier alpha value is -1.52. The zero-order chi connectivity index (χ0) is 14.8. The molecule has 3 nitrogen and oxygen atoms in total. The topological polar surface area (TPSA) is 49.3 Å². The molecule has 0 aromatic heterocycles. The van der Waals surface area contributed by atoms with Crippen molar-refractivity contribution in [2.75, 3.05) is 5.32 Å². The average Bonchev–Trinajstić information content (AvgIpc) is 2.41. The summed E-state index contributed by atoms with van der Waals surface area (Å²) in [6.45, 7) is 1.61. The smallest absolute Gasteiger partial charge is 0.333 e. The molecule has 104 valence electrons. The quantitative estimate of drug-likeness (QED) is 0.849. The van der Waals surface area contributed by atoms with Gasteiger partial charge in [0.05, 0.1) is 0 Å². The zero-order valence-corrected chi connectivity index (χ0v) is 13.1. The molecule has 0 radical (unpaired) electrons. The number of hydrogen-bond acceptors (Lipinski definition) is 2. The maximum absolute atomic E-state index is 11.7. The Bertz CT molecular complexity index is 647. The molecule has 0 heterocycles. The molecule has 0 saturated heterocycles. The van der Waals surface area contributed by atoms with Crippen LogP contribution in [0.2, 0.25) is 5.02 Å². The van der Waals surface area contributed by atoms with Crippen molar-refractivity contribution in [3.63, 3.8) is 0 Å². The molecule has 0 aliphatic rings. The molecule has 1 atom stereocenters. The van der Waals surface area contributed by atoms with Crippen LogP contribution in [0.4, 0.5) is 5.69 Å². The minimum absolute atomic E-state index is 0.504. The van der Waals surface area contributed by atoms with E-state index in [1.807, 2.05) is 24.3 Å². The third-order valence-corrected chi connectivity index (χ3v) is 4.01. The van der Waals surface area contributed by atoms with E-state index in [0.717, 1.165) is 4.47 Å². The Labute approximate surface area is 130 Å². The Morgan fingerprint density at radius 2 is 1.95 bits per heavy atom. The second-order valence-corrected chi connectivity index (χ2v) is 5.84. The number of anilines is 1. The fraction of sp³-hybridized carbons (Fsp3) is 0.133. The van der Waals surface area contributed by atoms with Gasteiger partial charge >= 0.3 is 5.97 Å². The summed E-state index contributed by atoms with van der Waals surface area (Å²) in [4.78, 5) is 11.7. The van der Waals surface area contributed by atoms with Crippen LogP contribution >= 0.6 is 27.5 Å². The lowest BCUT2D eigenvalue weighted by molar-refractivity contribution is -0.142. The first kappa shape index (κ1) is 14.9. The molecule has 0 saturated carbocycles. The highest BCUT2D eigenvalue weighted by Crippen LogP contribution is 2.31. The summed E-state index contributed by atoms with van der Waals surface area (Å²) in [6, 6.07) is 14.2. The highest BCUT2D eigenvalue weighted by Gasteiger charge is 2.35. The maximum Gasteiger partial charge on any atom is 0.333 e. The van der Waals surface area contributed by atoms with Crippen molar-refractivity contribution < 1.29 is 9.90 Å². The number of benzene rings is 2. The minimum Gasteiger partial charge on any atom is -0.479 e. The highest BCUT2D eigenvalue weighted by atomic mass is 79.9. The standard InChI is InChI=1S/C15H13BrClNO2/c1-15(14(19)20,10-5-4-6-11(17)9-10)18-13-8-3-2-7-12(13)16/h2-9,18H,1H3,(H,19,20). The molecule has 5 heteroatoms. The Balaban J connectivity index is 2.46. The van der Waals surface area contributed by atoms with Gasteiger partial charge in [0, 0.05) is 15.2 Å². The summed E-state index contributed by atoms with van der Waals surface area (Å²) in [5, 5.41) is 13.2. The predicted octanol–water partition coefficient (Wildman–Crippen LogP) is 4.51. The molecule has 0 fully saturated rings. The van der Waals surface area contributed by atoms with Gasteiger partial charge in [-0.2, -0.15) is 0 Å². The summed E-state index contributed by atoms with van der Waals surface area (Å²) in [5.41, 5.74) is 0.0278. The van der Waals surface area contributed by atoms with E-state index >= 15 is 0 Å². The van der Waals surface area contributed by atoms with Crippen LogP contribution in [0.15, 0.2) is 53.0 Å². The molecule has 0 spiro atoms. The van der Waals surface area contributed by atoms with Crippen LogP contribution in [-0.4, -0.2) is 11.1 Å². The SMILES string of the molecule is CC(Nc1ccccc1Br)(C(=O)O)c1cccc(Cl)c1. The van der Waals surface area contributed by atoms with E-state index in [-0.39, 0.29) is 0 Å². The number of hydrogen-bond donors (Lipinski definition) is 2. The lowest BCUT2D eigenvalue weighted by atomic mass is 9.91. The molecule has 20 heavy (non-hydrogen) atoms. The van der Waals surface area contributed by atoms with Gasteiger partial charge in [0.25, 0.3) is 0 Å². The number of halogens is 2. The fourth-order valence-electron chi connectivity index (χ4n) is 1.88. The van der Waals surface area contributed by atoms with Crippen molar-refractivity contribution in [2.24, 2.45) is 0 Å². The van der Waals surface area contributed by atoms with Gasteiger partial charge < -0.3 is 10.4 Å². The molecule has 0 amide bonds. The van der Waals surface area contributed by atoms with E-state index in [1.54, 1.807) is 31.2 Å². The van der Waals surface area contributed by atoms with Gasteiger partial charge in [-0.3, -0.25) is 0 Å². The van der Waals surface area contributed by atoms with Crippen LogP contribution in [0.25, 0.3) is 0 Å². The maximum atomic E-state index is 11.7. The lowest BCUT2D eigenvalue weighted by Crippen LogP contribution is -2.40. The second kappa shape index (κ2) is 5.85. The molecule has 2 aromatic rings. The number of aliphatic carboxylic acids is 1. The van der Waals surface area contributed by atoms with Gasteiger partial charge in [0.1, 0.15) is 0 Å². The van der Waals surface area contributed by atoms with E-state index < -0.39 is 11.5 Å². The van der Waals surface area contributed by atoms with E-state index in [0.29, 0.717) is 16.3 Å². The van der Waals surface area contributed by atoms with E-state index in [9.17, 15) is 9.90 Å². The Morgan fingerprint density at radius 1 is 1.25 bits per heavy atom. The third kappa shape index (κ3) is 2.97. The summed E-state index contributed by atoms with van der Waals surface area (Å²) in [7, 11) is 0. The number of nitrogens with one attached hydrogen (secondary N) is 1. The minimum atomic E-state index is -1.27. The fourth-order valence-corrected chi connectivity index (χ4v) is 2.45. The molecule has 2 N–H and O–H groups in total. The molecule has 1 unspecified atom stereocenters. The summed E-state index contributed by atoms with van der Waals surface area (Å²) in [6.07, 6.45) is 0. The molecule has 2 rings (SSSR count). The second-order valence-electron chi connectivity index (χ2n) is 4.55. The van der Waals surface area contributed by atoms with Crippen molar-refractivity contribution in [1.29, 1.82) is 0 Å². The molecule has 2 aromatic carbocycles. The average molecular weight is 355 g/mol. The molecule has 0 aliphatic heterocycles. The van der Waals surface area contributed by atoms with Crippen LogP contribution in [0.3, 0.4) is 0 Å². The summed E-state index contributed by atoms with van der Waals surface area (Å²) < 4.78 is 0.800. The van der Waals surface area contributed by atoms with Gasteiger partial charge in [-0.15, -0.1) is 0 Å². The summed E-state index contributed by atoms with van der Waals surface area (Å²) in [5.74, 6) is -0.976. The van der Waals surface area contributed by atoms with Gasteiger partial charge in [0.2, 0.25) is 0 Å². The lowest BCUT2D eigenvalue weighted by Gasteiger charge is -2.28. The van der Waals surface area contributed by atoms with Crippen LogP contribution < -0.4 is 5.32 Å². The normalized spacial score (nSPS) is 13.6. The molecular weight excluding hydrogens is 342 g/mol. The number of carboxylic acid groups (broad SMARTS) is 1. The van der Waals surface area contributed by atoms with Gasteiger partial charge in [-0.1, -0.05) is 35.9 Å². The first-order valence-electron chi connectivity index (χ1n) is 5.95. The van der Waals surface area contributed by atoms with Crippen LogP contribution in [0, 0.1) is 0 Å². The number of carbonyl (C=O) groups is 1. The van der Waals surface area contributed by atoms with Crippen LogP contribution in [0.1, 0.15) is 12.5 Å². The number of rotatable bonds is 4. The van der Waals surface area contributed by atoms with Crippen molar-refractivity contribution in [2.45, 2.75) is 12.5 Å². The van der Waals surface area contributed by atoms with Crippen LogP contribution in [0.5, 0.6) is 0 Å². The van der Waals surface area contributed by atoms with Crippen LogP contribution in [-0.2, 0) is 10.3 Å². The number of carboxylic acids is 1. The molecule has 0 aliphatic carbocycles. The molecule has 0 bridgehead atoms. The Morgan fingerprint density at radius 3 is 2.55 bits per heavy atom. The first-order valence-corrected chi connectivity index (χ1v) is 7.13. The summed E-state index contributed by atoms with van der Waals surface area (Å²) >= 11 is 9.36. The van der Waals surface area contributed by atoms with Crippen molar-refractivity contribution in [3.8, 4) is 0 Å². The van der Waals surface area contributed by atoms with Gasteiger partial charge in [-0.25, -0.2) is 4.79 Å². The molecular formula is C15H13BrClNO2. The van der Waals surface area contributed by atoms with Crippen molar-refractivity contribution >= 4 is 39.2 Å². The Kier molecular flexibility index (Phi) is 4.35. The largest absolute Gasteiger partial charge is 0.479 e. The van der Waals surface area contributed by atoms with Gasteiger partial charge in [0.15, 0.2) is 5.54 Å². The predicted molar refractivity (Wildman–Crippen MR) is 84.2 cm³/mol. The number of para-hydroxylation sites is 1. The monoisotopic (exact) mass is 353 g/mol. The van der Waals surface area contributed by atoms with Crippen molar-refractivity contribution in [3.05, 3.63) is 63.6 Å². The first-order chi connectivity index (χ1) is 9.43. The van der Waals surface area contributed by atoms with Crippen molar-refractivity contribution in [1.82, 2.24) is 0 Å². The van der Waals surface area contributed by atoms with E-state index in [2.05, 4.69) is 21.2 Å². The van der Waals surface area contributed by atoms with E-state index in [1.165, 1.54) is 0 Å². The third-order valence-electron chi connectivity index (χ3n) is 3.09. The highest BCUT2D eigenvalue weighted by molar-refractivity contribution is 9.10. The van der Waals surface area contributed by atoms with Gasteiger partial charge in [-0.05, 0) is 52.7 Å². The van der Waals surface area contributed by atoms with E-state index in [4.69, 9.17) is 11.6 Å². The zero-order valence-electron chi connectivity index (χ0n) is 10.7.